The highest BCUT2D eigenvalue weighted by Crippen LogP contribution is 2.41. The van der Waals surface area contributed by atoms with E-state index in [9.17, 15) is 10.1 Å². The maximum atomic E-state index is 12.7. The lowest BCUT2D eigenvalue weighted by molar-refractivity contribution is -0.145. The van der Waals surface area contributed by atoms with Crippen LogP contribution in [0.1, 0.15) is 58.8 Å². The lowest BCUT2D eigenvalue weighted by Gasteiger charge is -2.42. The standard InChI is InChI=1S/C14H22N2O/c1-11-6-5-7-12(2)16(11)13(17)14(10-15)8-3-4-9-14/h11-12H,3-9H2,1-2H3/t11-,12+. The number of likely N-dealkylation sites (tertiary alicyclic amines) is 1. The van der Waals surface area contributed by atoms with E-state index in [0.717, 1.165) is 38.5 Å². The van der Waals surface area contributed by atoms with Crippen LogP contribution in [0.5, 0.6) is 0 Å². The molecule has 2 atom stereocenters. The molecule has 0 bridgehead atoms. The van der Waals surface area contributed by atoms with Crippen LogP contribution in [0.3, 0.4) is 0 Å². The second-order valence-corrected chi connectivity index (χ2v) is 5.74. The summed E-state index contributed by atoms with van der Waals surface area (Å²) in [4.78, 5) is 14.7. The van der Waals surface area contributed by atoms with E-state index in [-0.39, 0.29) is 5.91 Å². The molecule has 2 aliphatic rings. The van der Waals surface area contributed by atoms with Gasteiger partial charge in [-0.3, -0.25) is 4.79 Å². The summed E-state index contributed by atoms with van der Waals surface area (Å²) < 4.78 is 0. The molecular weight excluding hydrogens is 212 g/mol. The van der Waals surface area contributed by atoms with Crippen molar-refractivity contribution in [2.45, 2.75) is 70.9 Å². The van der Waals surface area contributed by atoms with E-state index in [4.69, 9.17) is 0 Å². The first-order valence-electron chi connectivity index (χ1n) is 6.85. The van der Waals surface area contributed by atoms with Gasteiger partial charge in [0.2, 0.25) is 5.91 Å². The van der Waals surface area contributed by atoms with E-state index in [0.29, 0.717) is 12.1 Å². The highest BCUT2D eigenvalue weighted by molar-refractivity contribution is 5.86. The van der Waals surface area contributed by atoms with E-state index in [1.807, 2.05) is 4.90 Å². The third-order valence-electron chi connectivity index (χ3n) is 4.51. The number of carbonyl (C=O) groups excluding carboxylic acids is 1. The number of rotatable bonds is 1. The average molecular weight is 234 g/mol. The first-order valence-corrected chi connectivity index (χ1v) is 6.85. The fourth-order valence-corrected chi connectivity index (χ4v) is 3.42. The van der Waals surface area contributed by atoms with Crippen molar-refractivity contribution in [1.82, 2.24) is 4.90 Å². The highest BCUT2D eigenvalue weighted by atomic mass is 16.2. The van der Waals surface area contributed by atoms with Crippen LogP contribution in [-0.4, -0.2) is 22.9 Å². The molecule has 3 heteroatoms. The van der Waals surface area contributed by atoms with Gasteiger partial charge in [0.1, 0.15) is 5.41 Å². The second-order valence-electron chi connectivity index (χ2n) is 5.74. The number of nitriles is 1. The minimum absolute atomic E-state index is 0.109. The van der Waals surface area contributed by atoms with Crippen LogP contribution >= 0.6 is 0 Å². The number of nitrogens with zero attached hydrogens (tertiary/aromatic N) is 2. The van der Waals surface area contributed by atoms with Crippen molar-refractivity contribution in [3.05, 3.63) is 0 Å². The van der Waals surface area contributed by atoms with E-state index >= 15 is 0 Å². The molecule has 1 amide bonds. The maximum Gasteiger partial charge on any atom is 0.243 e. The zero-order valence-corrected chi connectivity index (χ0v) is 10.9. The lowest BCUT2D eigenvalue weighted by Crippen LogP contribution is -2.52. The van der Waals surface area contributed by atoms with Gasteiger partial charge in [-0.2, -0.15) is 5.26 Å². The van der Waals surface area contributed by atoms with E-state index in [1.54, 1.807) is 0 Å². The van der Waals surface area contributed by atoms with E-state index < -0.39 is 5.41 Å². The van der Waals surface area contributed by atoms with E-state index in [1.165, 1.54) is 6.42 Å². The van der Waals surface area contributed by atoms with Crippen molar-refractivity contribution in [2.75, 3.05) is 0 Å². The van der Waals surface area contributed by atoms with Gasteiger partial charge in [0.25, 0.3) is 0 Å². The van der Waals surface area contributed by atoms with E-state index in [2.05, 4.69) is 19.9 Å². The van der Waals surface area contributed by atoms with Gasteiger partial charge < -0.3 is 4.90 Å². The maximum absolute atomic E-state index is 12.7. The molecule has 94 valence electrons. The molecule has 1 aliphatic carbocycles. The van der Waals surface area contributed by atoms with Crippen molar-refractivity contribution in [1.29, 1.82) is 5.26 Å². The topological polar surface area (TPSA) is 44.1 Å². The first kappa shape index (κ1) is 12.4. The third-order valence-corrected chi connectivity index (χ3v) is 4.51. The predicted octanol–water partition coefficient (Wildman–Crippen LogP) is 2.86. The Morgan fingerprint density at radius 3 is 2.18 bits per heavy atom. The van der Waals surface area contributed by atoms with Crippen LogP contribution in [0.15, 0.2) is 0 Å². The monoisotopic (exact) mass is 234 g/mol. The molecule has 1 heterocycles. The first-order chi connectivity index (χ1) is 8.10. The SMILES string of the molecule is C[C@@H]1CCC[C@H](C)N1C(=O)C1(C#N)CCCC1. The van der Waals surface area contributed by atoms with Gasteiger partial charge in [-0.05, 0) is 46.0 Å². The summed E-state index contributed by atoms with van der Waals surface area (Å²) in [6, 6.07) is 2.93. The zero-order chi connectivity index (χ0) is 12.5. The summed E-state index contributed by atoms with van der Waals surface area (Å²) in [5, 5.41) is 9.39. The smallest absolute Gasteiger partial charge is 0.243 e. The Bertz CT molecular complexity index is 329. The summed E-state index contributed by atoms with van der Waals surface area (Å²) >= 11 is 0. The fourth-order valence-electron chi connectivity index (χ4n) is 3.42. The van der Waals surface area contributed by atoms with Gasteiger partial charge in [0.05, 0.1) is 6.07 Å². The van der Waals surface area contributed by atoms with Gasteiger partial charge in [0.15, 0.2) is 0 Å². The zero-order valence-electron chi connectivity index (χ0n) is 10.9. The Balaban J connectivity index is 2.20. The van der Waals surface area contributed by atoms with Crippen molar-refractivity contribution in [3.8, 4) is 6.07 Å². The average Bonchev–Trinajstić information content (AvgIpc) is 2.78. The molecule has 2 fully saturated rings. The number of hydrogen-bond acceptors (Lipinski definition) is 2. The Morgan fingerprint density at radius 1 is 1.18 bits per heavy atom. The Kier molecular flexibility index (Phi) is 3.42. The molecule has 0 unspecified atom stereocenters. The largest absolute Gasteiger partial charge is 0.336 e. The molecule has 0 aromatic rings. The number of carbonyl (C=O) groups is 1. The molecule has 0 N–H and O–H groups in total. The molecular formula is C14H22N2O. The number of amides is 1. The summed E-state index contributed by atoms with van der Waals surface area (Å²) in [5.74, 6) is 0.109. The highest BCUT2D eigenvalue weighted by Gasteiger charge is 2.46. The molecule has 0 radical (unpaired) electrons. The van der Waals surface area contributed by atoms with Crippen LogP contribution in [0.4, 0.5) is 0 Å². The van der Waals surface area contributed by atoms with Crippen molar-refractivity contribution >= 4 is 5.91 Å². The molecule has 0 aromatic heterocycles. The summed E-state index contributed by atoms with van der Waals surface area (Å²) in [5.41, 5.74) is -0.695. The van der Waals surface area contributed by atoms with Gasteiger partial charge in [-0.25, -0.2) is 0 Å². The minimum atomic E-state index is -0.695. The van der Waals surface area contributed by atoms with Crippen LogP contribution in [-0.2, 0) is 4.79 Å². The van der Waals surface area contributed by atoms with Crippen molar-refractivity contribution in [2.24, 2.45) is 5.41 Å². The second kappa shape index (κ2) is 4.68. The van der Waals surface area contributed by atoms with Gasteiger partial charge in [-0.15, -0.1) is 0 Å². The Labute approximate surface area is 104 Å². The lowest BCUT2D eigenvalue weighted by atomic mass is 9.84. The Morgan fingerprint density at radius 2 is 1.71 bits per heavy atom. The normalized spacial score (nSPS) is 32.2. The predicted molar refractivity (Wildman–Crippen MR) is 66.1 cm³/mol. The van der Waals surface area contributed by atoms with Gasteiger partial charge in [-0.1, -0.05) is 12.8 Å². The molecule has 0 spiro atoms. The fraction of sp³-hybridized carbons (Fsp3) is 0.857. The summed E-state index contributed by atoms with van der Waals surface area (Å²) in [6.07, 6.45) is 6.93. The van der Waals surface area contributed by atoms with Crippen LogP contribution in [0.25, 0.3) is 0 Å². The molecule has 17 heavy (non-hydrogen) atoms. The molecule has 1 aliphatic heterocycles. The molecule has 1 saturated carbocycles. The molecule has 3 nitrogen and oxygen atoms in total. The summed E-state index contributed by atoms with van der Waals surface area (Å²) in [6.45, 7) is 4.24. The Hall–Kier alpha value is -1.04. The number of hydrogen-bond donors (Lipinski definition) is 0. The van der Waals surface area contributed by atoms with Crippen molar-refractivity contribution in [3.63, 3.8) is 0 Å². The van der Waals surface area contributed by atoms with Crippen LogP contribution in [0.2, 0.25) is 0 Å². The molecule has 2 rings (SSSR count). The number of piperidine rings is 1. The molecule has 1 saturated heterocycles. The van der Waals surface area contributed by atoms with Gasteiger partial charge >= 0.3 is 0 Å². The molecule has 0 aromatic carbocycles. The van der Waals surface area contributed by atoms with Crippen LogP contribution < -0.4 is 0 Å². The quantitative estimate of drug-likeness (QED) is 0.700. The van der Waals surface area contributed by atoms with Gasteiger partial charge in [0, 0.05) is 12.1 Å². The summed E-state index contributed by atoms with van der Waals surface area (Å²) in [7, 11) is 0. The van der Waals surface area contributed by atoms with Crippen molar-refractivity contribution < 1.29 is 4.79 Å². The third kappa shape index (κ3) is 2.06. The van der Waals surface area contributed by atoms with Crippen LogP contribution in [0, 0.1) is 16.7 Å². The minimum Gasteiger partial charge on any atom is -0.336 e.